The number of carbonyl (C=O) groups is 2. The third-order valence-corrected chi connectivity index (χ3v) is 4.29. The van der Waals surface area contributed by atoms with Crippen LogP contribution in [0.25, 0.3) is 0 Å². The lowest BCUT2D eigenvalue weighted by molar-refractivity contribution is -0.132. The van der Waals surface area contributed by atoms with Gasteiger partial charge in [0.25, 0.3) is 6.08 Å². The van der Waals surface area contributed by atoms with Crippen molar-refractivity contribution in [3.63, 3.8) is 0 Å². The molecule has 1 saturated heterocycles. The summed E-state index contributed by atoms with van der Waals surface area (Å²) in [4.78, 5) is 24.3. The molecule has 2 aliphatic rings. The molecule has 0 radical (unpaired) electrons. The number of likely N-dealkylation sites (tertiary alicyclic amines) is 1. The Morgan fingerprint density at radius 3 is 2.42 bits per heavy atom. The minimum atomic E-state index is -1.82. The fourth-order valence-corrected chi connectivity index (χ4v) is 3.39. The summed E-state index contributed by atoms with van der Waals surface area (Å²) >= 11 is 3.23. The molecule has 0 aromatic heterocycles. The van der Waals surface area contributed by atoms with Crippen LogP contribution < -0.4 is 0 Å². The zero-order valence-corrected chi connectivity index (χ0v) is 12.3. The van der Waals surface area contributed by atoms with Gasteiger partial charge < -0.3 is 4.74 Å². The molecule has 2 rings (SSSR count). The molecule has 0 aromatic rings. The van der Waals surface area contributed by atoms with Gasteiger partial charge in [-0.3, -0.25) is 4.79 Å². The lowest BCUT2D eigenvalue weighted by Crippen LogP contribution is -2.46. The monoisotopic (exact) mass is 337 g/mol. The SMILES string of the molecule is CC(C)(C)OC(=O)N1C(=O)C2CC(=C(F)F)C1C2Br. The second-order valence-corrected chi connectivity index (χ2v) is 6.73. The number of ether oxygens (including phenoxy) is 1. The first-order valence-electron chi connectivity index (χ1n) is 5.87. The summed E-state index contributed by atoms with van der Waals surface area (Å²) in [6.45, 7) is 4.96. The van der Waals surface area contributed by atoms with Gasteiger partial charge in [-0.05, 0) is 27.2 Å². The number of amides is 2. The third kappa shape index (κ3) is 2.40. The van der Waals surface area contributed by atoms with Crippen LogP contribution in [0.15, 0.2) is 11.7 Å². The summed E-state index contributed by atoms with van der Waals surface area (Å²) in [7, 11) is 0. The van der Waals surface area contributed by atoms with Gasteiger partial charge in [0.1, 0.15) is 5.60 Å². The number of fused-ring (bicyclic) bond motifs is 2. The molecule has 1 aliphatic carbocycles. The van der Waals surface area contributed by atoms with Crippen molar-refractivity contribution in [1.82, 2.24) is 4.90 Å². The van der Waals surface area contributed by atoms with Crippen LogP contribution in [-0.2, 0) is 9.53 Å². The van der Waals surface area contributed by atoms with E-state index in [-0.39, 0.29) is 12.0 Å². The maximum atomic E-state index is 12.8. The molecular weight excluding hydrogens is 324 g/mol. The van der Waals surface area contributed by atoms with Crippen LogP contribution in [0.2, 0.25) is 0 Å². The van der Waals surface area contributed by atoms with Crippen molar-refractivity contribution in [1.29, 1.82) is 0 Å². The predicted molar refractivity (Wildman–Crippen MR) is 66.9 cm³/mol. The smallest absolute Gasteiger partial charge is 0.417 e. The number of hydrogen-bond donors (Lipinski definition) is 0. The summed E-state index contributed by atoms with van der Waals surface area (Å²) in [5.74, 6) is -1.07. The first kappa shape index (κ1) is 14.4. The second kappa shape index (κ2) is 4.54. The van der Waals surface area contributed by atoms with Gasteiger partial charge >= 0.3 is 6.09 Å². The van der Waals surface area contributed by atoms with Gasteiger partial charge in [-0.2, -0.15) is 8.78 Å². The fourth-order valence-electron chi connectivity index (χ4n) is 2.42. The Morgan fingerprint density at radius 2 is 2.00 bits per heavy atom. The van der Waals surface area contributed by atoms with Gasteiger partial charge in [0.05, 0.1) is 16.8 Å². The number of piperidine rings is 1. The predicted octanol–water partition coefficient (Wildman–Crippen LogP) is 3.07. The molecule has 0 spiro atoms. The van der Waals surface area contributed by atoms with Crippen molar-refractivity contribution in [2.45, 2.75) is 43.7 Å². The number of carbonyl (C=O) groups excluding carboxylic acids is 2. The number of hydrogen-bond acceptors (Lipinski definition) is 3. The summed E-state index contributed by atoms with van der Waals surface area (Å²) in [5.41, 5.74) is -0.934. The van der Waals surface area contributed by atoms with E-state index >= 15 is 0 Å². The fraction of sp³-hybridized carbons (Fsp3) is 0.667. The Hall–Kier alpha value is -0.980. The van der Waals surface area contributed by atoms with Crippen LogP contribution >= 0.6 is 15.9 Å². The number of nitrogens with zero attached hydrogens (tertiary/aromatic N) is 1. The zero-order chi connectivity index (χ0) is 14.5. The molecule has 3 atom stereocenters. The summed E-state index contributed by atoms with van der Waals surface area (Å²) < 4.78 is 30.8. The molecule has 2 fully saturated rings. The first-order chi connectivity index (χ1) is 8.63. The summed E-state index contributed by atoms with van der Waals surface area (Å²) in [6.07, 6.45) is -2.69. The Bertz CT molecular complexity index is 468. The molecular formula is C12H14BrF2NO3. The highest BCUT2D eigenvalue weighted by molar-refractivity contribution is 9.09. The molecule has 7 heteroatoms. The number of halogens is 3. The average molecular weight is 338 g/mol. The van der Waals surface area contributed by atoms with E-state index in [1.54, 1.807) is 20.8 Å². The molecule has 2 bridgehead atoms. The van der Waals surface area contributed by atoms with Crippen LogP contribution in [0, 0.1) is 5.92 Å². The van der Waals surface area contributed by atoms with Crippen LogP contribution in [0.3, 0.4) is 0 Å². The first-order valence-corrected chi connectivity index (χ1v) is 6.79. The lowest BCUT2D eigenvalue weighted by atomic mass is 10.1. The Morgan fingerprint density at radius 1 is 1.42 bits per heavy atom. The maximum absolute atomic E-state index is 12.8. The summed E-state index contributed by atoms with van der Waals surface area (Å²) in [5, 5.41) is 0. The van der Waals surface area contributed by atoms with Crippen molar-refractivity contribution >= 4 is 27.9 Å². The van der Waals surface area contributed by atoms with Crippen LogP contribution in [0.4, 0.5) is 13.6 Å². The topological polar surface area (TPSA) is 46.6 Å². The number of rotatable bonds is 0. The highest BCUT2D eigenvalue weighted by Crippen LogP contribution is 2.48. The van der Waals surface area contributed by atoms with Crippen LogP contribution in [0.5, 0.6) is 0 Å². The Kier molecular flexibility index (Phi) is 3.45. The van der Waals surface area contributed by atoms with Gasteiger partial charge in [-0.25, -0.2) is 9.69 Å². The van der Waals surface area contributed by atoms with Crippen LogP contribution in [0.1, 0.15) is 27.2 Å². The second-order valence-electron chi connectivity index (χ2n) is 5.67. The highest BCUT2D eigenvalue weighted by Gasteiger charge is 2.58. The molecule has 0 aromatic carbocycles. The molecule has 0 N–H and O–H groups in total. The molecule has 1 aliphatic heterocycles. The van der Waals surface area contributed by atoms with E-state index < -0.39 is 40.5 Å². The lowest BCUT2D eigenvalue weighted by Gasteiger charge is -2.29. The molecule has 1 heterocycles. The van der Waals surface area contributed by atoms with Gasteiger partial charge in [0, 0.05) is 5.57 Å². The van der Waals surface area contributed by atoms with Crippen molar-refractivity contribution in [3.8, 4) is 0 Å². The van der Waals surface area contributed by atoms with Gasteiger partial charge in [-0.15, -0.1) is 0 Å². The number of imide groups is 1. The van der Waals surface area contributed by atoms with E-state index in [0.717, 1.165) is 4.90 Å². The van der Waals surface area contributed by atoms with E-state index in [9.17, 15) is 18.4 Å². The largest absolute Gasteiger partial charge is 0.443 e. The Balaban J connectivity index is 2.29. The normalized spacial score (nSPS) is 30.0. The number of alkyl halides is 1. The molecule has 2 amide bonds. The van der Waals surface area contributed by atoms with Gasteiger partial charge in [-0.1, -0.05) is 15.9 Å². The standard InChI is InChI=1S/C12H14BrF2NO3/c1-12(2,3)19-11(18)16-8-6(9(14)15)4-5(7(8)13)10(16)17/h5,7-8H,4H2,1-3H3. The zero-order valence-electron chi connectivity index (χ0n) is 10.7. The van der Waals surface area contributed by atoms with Crippen molar-refractivity contribution in [3.05, 3.63) is 11.7 Å². The Labute approximate surface area is 117 Å². The quantitative estimate of drug-likeness (QED) is 0.638. The molecule has 106 valence electrons. The average Bonchev–Trinajstić information content (AvgIpc) is 2.66. The molecule has 1 saturated carbocycles. The van der Waals surface area contributed by atoms with E-state index in [0.29, 0.717) is 0 Å². The van der Waals surface area contributed by atoms with Gasteiger partial charge in [0.15, 0.2) is 0 Å². The van der Waals surface area contributed by atoms with Crippen LogP contribution in [-0.4, -0.2) is 33.4 Å². The van der Waals surface area contributed by atoms with E-state index in [1.165, 1.54) is 0 Å². The van der Waals surface area contributed by atoms with E-state index in [2.05, 4.69) is 15.9 Å². The highest BCUT2D eigenvalue weighted by atomic mass is 79.9. The van der Waals surface area contributed by atoms with Crippen molar-refractivity contribution in [2.24, 2.45) is 5.92 Å². The minimum absolute atomic E-state index is 0.00104. The third-order valence-electron chi connectivity index (χ3n) is 3.15. The van der Waals surface area contributed by atoms with Crippen molar-refractivity contribution < 1.29 is 23.1 Å². The minimum Gasteiger partial charge on any atom is -0.443 e. The molecule has 19 heavy (non-hydrogen) atoms. The summed E-state index contributed by atoms with van der Waals surface area (Å²) in [6, 6.07) is -0.933. The molecule has 3 unspecified atom stereocenters. The van der Waals surface area contributed by atoms with Gasteiger partial charge in [0.2, 0.25) is 5.91 Å². The molecule has 4 nitrogen and oxygen atoms in total. The van der Waals surface area contributed by atoms with E-state index in [1.807, 2.05) is 0 Å². The van der Waals surface area contributed by atoms with Crippen molar-refractivity contribution in [2.75, 3.05) is 0 Å². The van der Waals surface area contributed by atoms with E-state index in [4.69, 9.17) is 4.74 Å². The maximum Gasteiger partial charge on any atom is 0.417 e.